The normalized spacial score (nSPS) is 12.5. The maximum Gasteiger partial charge on any atom is 0.118 e. The van der Waals surface area contributed by atoms with Crippen molar-refractivity contribution in [2.45, 2.75) is 63.0 Å². The molecule has 3 rings (SSSR count). The number of unbranched alkanes of at least 4 members (excludes halogenated alkanes) is 2. The molecule has 0 aliphatic carbocycles. The summed E-state index contributed by atoms with van der Waals surface area (Å²) in [6, 6.07) is 28.9. The van der Waals surface area contributed by atoms with Gasteiger partial charge in [0.05, 0.1) is 11.9 Å². The Morgan fingerprint density at radius 2 is 1.31 bits per heavy atom. The molecule has 0 spiro atoms. The second-order valence-corrected chi connectivity index (χ2v) is 10.3. The van der Waals surface area contributed by atoms with E-state index in [2.05, 4.69) is 99.4 Å². The minimum atomic E-state index is -0.326. The van der Waals surface area contributed by atoms with Gasteiger partial charge in [0, 0.05) is 12.3 Å². The zero-order valence-electron chi connectivity index (χ0n) is 22.3. The van der Waals surface area contributed by atoms with E-state index in [4.69, 9.17) is 15.9 Å². The lowest BCUT2D eigenvalue weighted by Crippen LogP contribution is -2.27. The van der Waals surface area contributed by atoms with Gasteiger partial charge in [-0.2, -0.15) is 0 Å². The van der Waals surface area contributed by atoms with Gasteiger partial charge >= 0.3 is 0 Å². The second kappa shape index (κ2) is 16.2. The number of benzene rings is 3. The number of rotatable bonds is 14. The average Bonchev–Trinajstić information content (AvgIpc) is 2.96. The third-order valence-corrected chi connectivity index (χ3v) is 8.29. The summed E-state index contributed by atoms with van der Waals surface area (Å²) in [5.74, 6) is 2.40. The van der Waals surface area contributed by atoms with E-state index in [1.165, 1.54) is 60.8 Å². The molecule has 0 saturated heterocycles. The summed E-state index contributed by atoms with van der Waals surface area (Å²) in [5, 5.41) is 5.50. The van der Waals surface area contributed by atoms with Crippen molar-refractivity contribution in [2.75, 3.05) is 19.4 Å². The smallest absolute Gasteiger partial charge is 0.118 e. The van der Waals surface area contributed by atoms with E-state index in [1.54, 1.807) is 7.11 Å². The minimum absolute atomic E-state index is 0.326. The molecule has 4 heteroatoms. The molecule has 36 heavy (non-hydrogen) atoms. The minimum Gasteiger partial charge on any atom is -0.497 e. The number of methoxy groups -OCH3 is 1. The van der Waals surface area contributed by atoms with Gasteiger partial charge in [-0.25, -0.2) is 0 Å². The van der Waals surface area contributed by atoms with Crippen molar-refractivity contribution < 1.29 is 4.74 Å². The van der Waals surface area contributed by atoms with Crippen LogP contribution in [-0.4, -0.2) is 26.1 Å². The van der Waals surface area contributed by atoms with Crippen LogP contribution in [-0.2, 0) is 4.75 Å². The summed E-state index contributed by atoms with van der Waals surface area (Å²) >= 11 is 1.92. The monoisotopic (exact) mass is 504 g/mol. The molecule has 3 nitrogen and oxygen atoms in total. The lowest BCUT2D eigenvalue weighted by atomic mass is 9.82. The molecular weight excluding hydrogens is 460 g/mol. The molecule has 0 aromatic heterocycles. The predicted octanol–water partition coefficient (Wildman–Crippen LogP) is 8.41. The van der Waals surface area contributed by atoms with Crippen LogP contribution in [0, 0.1) is 5.41 Å². The molecule has 1 unspecified atom stereocenters. The number of thioether (sulfide) groups is 1. The van der Waals surface area contributed by atoms with Gasteiger partial charge in [0.25, 0.3) is 0 Å². The summed E-state index contributed by atoms with van der Waals surface area (Å²) < 4.78 is 5.13. The predicted molar refractivity (Wildman–Crippen MR) is 159 cm³/mol. The first kappa shape index (κ1) is 29.7. The van der Waals surface area contributed by atoms with Crippen molar-refractivity contribution in [3.05, 3.63) is 101 Å². The van der Waals surface area contributed by atoms with E-state index in [0.717, 1.165) is 11.5 Å². The molecule has 194 valence electrons. The summed E-state index contributed by atoms with van der Waals surface area (Å²) in [6.07, 6.45) is 7.65. The molecule has 3 aromatic rings. The summed E-state index contributed by atoms with van der Waals surface area (Å²) in [7, 11) is 1.72. The largest absolute Gasteiger partial charge is 0.497 e. The summed E-state index contributed by atoms with van der Waals surface area (Å²) in [6.45, 7) is 7.72. The Bertz CT molecular complexity index is 967. The third-order valence-electron chi connectivity index (χ3n) is 6.71. The van der Waals surface area contributed by atoms with Crippen LogP contribution in [0.3, 0.4) is 0 Å². The topological polar surface area (TPSA) is 59.1 Å². The van der Waals surface area contributed by atoms with Gasteiger partial charge in [0.15, 0.2) is 0 Å². The molecule has 0 aliphatic rings. The molecule has 0 radical (unpaired) electrons. The maximum absolute atomic E-state index is 6.03. The quantitative estimate of drug-likeness (QED) is 0.171. The van der Waals surface area contributed by atoms with Crippen LogP contribution in [0.2, 0.25) is 0 Å². The van der Waals surface area contributed by atoms with Crippen LogP contribution in [0.15, 0.2) is 78.9 Å². The number of hydrogen-bond acceptors (Lipinski definition) is 4. The number of hydrogen-bond donors (Lipinski definition) is 2. The second-order valence-electron chi connectivity index (χ2n) is 9.02. The summed E-state index contributed by atoms with van der Waals surface area (Å²) in [4.78, 5) is 0. The van der Waals surface area contributed by atoms with Crippen LogP contribution in [0.4, 0.5) is 0 Å². The van der Waals surface area contributed by atoms with Crippen LogP contribution in [0.25, 0.3) is 0 Å². The van der Waals surface area contributed by atoms with Gasteiger partial charge in [-0.05, 0) is 59.9 Å². The maximum atomic E-state index is 6.03. The first-order valence-corrected chi connectivity index (χ1v) is 14.2. The molecule has 0 saturated carbocycles. The van der Waals surface area contributed by atoms with E-state index >= 15 is 0 Å². The Balaban J connectivity index is 0.00000222. The molecule has 0 bridgehead atoms. The first-order chi connectivity index (χ1) is 17.7. The van der Waals surface area contributed by atoms with Crippen molar-refractivity contribution in [1.82, 2.24) is 0 Å². The van der Waals surface area contributed by atoms with Crippen LogP contribution in [0.1, 0.15) is 80.5 Å². The molecule has 0 heterocycles. The molecule has 3 aromatic carbocycles. The standard InChI is InChI=1S/C31H41NOS.CH3N/c1-4-6-11-25(12-7-5-2)26-15-17-28(18-16-26)31(34-24-23-32,27-13-9-8-10-14-27)29-19-21-30(33-3)22-20-29;1-2/h8-10,13-22,25H,4-7,11-12,23-24,32H2,1-3H3;2H,1H2. The van der Waals surface area contributed by atoms with E-state index in [-0.39, 0.29) is 4.75 Å². The van der Waals surface area contributed by atoms with Gasteiger partial charge in [-0.15, -0.1) is 11.8 Å². The molecular formula is C32H44N2OS. The Kier molecular flexibility index (Phi) is 13.4. The van der Waals surface area contributed by atoms with Crippen molar-refractivity contribution >= 4 is 18.5 Å². The van der Waals surface area contributed by atoms with Crippen LogP contribution < -0.4 is 10.5 Å². The fourth-order valence-electron chi connectivity index (χ4n) is 4.83. The number of nitrogens with one attached hydrogen (secondary N) is 1. The Labute approximate surface area is 223 Å². The lowest BCUT2D eigenvalue weighted by molar-refractivity contribution is 0.414. The Hall–Kier alpha value is -2.56. The van der Waals surface area contributed by atoms with Crippen LogP contribution in [0.5, 0.6) is 5.75 Å². The highest BCUT2D eigenvalue weighted by Gasteiger charge is 2.37. The van der Waals surface area contributed by atoms with Crippen molar-refractivity contribution in [1.29, 1.82) is 5.41 Å². The molecule has 3 N–H and O–H groups in total. The fourth-order valence-corrected chi connectivity index (χ4v) is 6.16. The zero-order chi connectivity index (χ0) is 26.2. The SMILES string of the molecule is C=N.CCCCC(CCCC)c1ccc(C(SCCN)(c2ccccc2)c2ccc(OC)cc2)cc1. The average molecular weight is 505 g/mol. The van der Waals surface area contributed by atoms with Crippen molar-refractivity contribution in [2.24, 2.45) is 5.73 Å². The highest BCUT2D eigenvalue weighted by molar-refractivity contribution is 8.00. The van der Waals surface area contributed by atoms with Gasteiger partial charge in [0.2, 0.25) is 0 Å². The Morgan fingerprint density at radius 1 is 0.806 bits per heavy atom. The van der Waals surface area contributed by atoms with E-state index in [9.17, 15) is 0 Å². The summed E-state index contributed by atoms with van der Waals surface area (Å²) in [5.41, 5.74) is 11.3. The van der Waals surface area contributed by atoms with Gasteiger partial charge < -0.3 is 15.9 Å². The van der Waals surface area contributed by atoms with Gasteiger partial charge in [0.1, 0.15) is 5.75 Å². The van der Waals surface area contributed by atoms with Gasteiger partial charge in [-0.3, -0.25) is 0 Å². The number of nitrogens with two attached hydrogens (primary N) is 1. The molecule has 1 atom stereocenters. The van der Waals surface area contributed by atoms with E-state index in [1.807, 2.05) is 11.8 Å². The van der Waals surface area contributed by atoms with Gasteiger partial charge in [-0.1, -0.05) is 106 Å². The molecule has 0 aliphatic heterocycles. The van der Waals surface area contributed by atoms with Crippen molar-refractivity contribution in [3.8, 4) is 5.75 Å². The van der Waals surface area contributed by atoms with E-state index in [0.29, 0.717) is 12.5 Å². The zero-order valence-corrected chi connectivity index (χ0v) is 23.2. The highest BCUT2D eigenvalue weighted by Crippen LogP contribution is 2.49. The third kappa shape index (κ3) is 7.47. The van der Waals surface area contributed by atoms with E-state index < -0.39 is 0 Å². The van der Waals surface area contributed by atoms with Crippen molar-refractivity contribution in [3.63, 3.8) is 0 Å². The molecule has 0 amide bonds. The van der Waals surface area contributed by atoms with Crippen LogP contribution >= 0.6 is 11.8 Å². The fraction of sp³-hybridized carbons (Fsp3) is 0.406. The lowest BCUT2D eigenvalue weighted by Gasteiger charge is -2.36. The highest BCUT2D eigenvalue weighted by atomic mass is 32.2. The first-order valence-electron chi connectivity index (χ1n) is 13.2. The number of ether oxygens (including phenoxy) is 1. The Morgan fingerprint density at radius 3 is 1.78 bits per heavy atom. The molecule has 0 fully saturated rings.